The van der Waals surface area contributed by atoms with Crippen LogP contribution in [0.4, 0.5) is 5.69 Å². The van der Waals surface area contributed by atoms with Crippen molar-refractivity contribution in [1.29, 1.82) is 0 Å². The van der Waals surface area contributed by atoms with Crippen LogP contribution in [-0.4, -0.2) is 41.5 Å². The van der Waals surface area contributed by atoms with Gasteiger partial charge in [-0.15, -0.1) is 0 Å². The molecule has 2 saturated carbocycles. The van der Waals surface area contributed by atoms with E-state index < -0.39 is 10.0 Å². The number of rotatable bonds is 6. The van der Waals surface area contributed by atoms with Gasteiger partial charge in [0.1, 0.15) is 5.69 Å². The molecule has 0 bridgehead atoms. The summed E-state index contributed by atoms with van der Waals surface area (Å²) < 4.78 is 29.4. The van der Waals surface area contributed by atoms with E-state index in [2.05, 4.69) is 10.4 Å². The Hall–Kier alpha value is -2.19. The lowest BCUT2D eigenvalue weighted by atomic mass is 9.96. The predicted molar refractivity (Wildman–Crippen MR) is 125 cm³/mol. The molecule has 1 N–H and O–H groups in total. The van der Waals surface area contributed by atoms with Crippen LogP contribution in [0, 0.1) is 0 Å². The highest BCUT2D eigenvalue weighted by molar-refractivity contribution is 7.89. The molecule has 8 heteroatoms. The van der Waals surface area contributed by atoms with E-state index in [1.807, 2.05) is 26.8 Å². The molecule has 0 saturated heterocycles. The van der Waals surface area contributed by atoms with Crippen molar-refractivity contribution >= 4 is 21.6 Å². The van der Waals surface area contributed by atoms with E-state index in [9.17, 15) is 13.2 Å². The lowest BCUT2D eigenvalue weighted by Crippen LogP contribution is -2.38. The molecule has 32 heavy (non-hydrogen) atoms. The number of nitrogens with zero attached hydrogens (tertiary/aromatic N) is 3. The summed E-state index contributed by atoms with van der Waals surface area (Å²) in [6.45, 7) is 6.07. The quantitative estimate of drug-likeness (QED) is 0.679. The van der Waals surface area contributed by atoms with Gasteiger partial charge < -0.3 is 5.32 Å². The molecule has 0 spiro atoms. The van der Waals surface area contributed by atoms with Crippen molar-refractivity contribution < 1.29 is 13.2 Å². The average molecular weight is 459 g/mol. The van der Waals surface area contributed by atoms with Crippen LogP contribution >= 0.6 is 0 Å². The molecule has 1 heterocycles. The summed E-state index contributed by atoms with van der Waals surface area (Å²) >= 11 is 0. The van der Waals surface area contributed by atoms with E-state index in [1.165, 1.54) is 10.7 Å². The number of carbonyl (C=O) groups excluding carboxylic acids is 1. The molecule has 0 aliphatic heterocycles. The van der Waals surface area contributed by atoms with Crippen molar-refractivity contribution in [2.45, 2.75) is 88.1 Å². The third kappa shape index (κ3) is 4.76. The van der Waals surface area contributed by atoms with Gasteiger partial charge >= 0.3 is 0 Å². The molecule has 7 nitrogen and oxygen atoms in total. The number of anilines is 1. The normalized spacial score (nSPS) is 18.2. The van der Waals surface area contributed by atoms with Crippen molar-refractivity contribution in [2.75, 3.05) is 12.4 Å². The van der Waals surface area contributed by atoms with Gasteiger partial charge in [0.15, 0.2) is 0 Å². The topological polar surface area (TPSA) is 84.3 Å². The highest BCUT2D eigenvalue weighted by atomic mass is 32.2. The second kappa shape index (κ2) is 8.63. The van der Waals surface area contributed by atoms with Gasteiger partial charge in [0, 0.05) is 24.7 Å². The Bertz CT molecular complexity index is 1070. The van der Waals surface area contributed by atoms with Crippen molar-refractivity contribution in [2.24, 2.45) is 0 Å². The first-order chi connectivity index (χ1) is 15.1. The SMILES string of the molecule is CN(C1CCCCC1)S(=O)(=O)c1ccc(NC(=O)c2cc(C3CC3)nn2C(C)(C)C)cc1. The molecule has 0 unspecified atom stereocenters. The fourth-order valence-electron chi connectivity index (χ4n) is 4.36. The van der Waals surface area contributed by atoms with Crippen LogP contribution in [0.5, 0.6) is 0 Å². The van der Waals surface area contributed by atoms with E-state index >= 15 is 0 Å². The number of benzene rings is 1. The maximum atomic E-state index is 13.0. The first-order valence-electron chi connectivity index (χ1n) is 11.6. The molecular formula is C24H34N4O3S. The van der Waals surface area contributed by atoms with Crippen molar-refractivity contribution in [3.63, 3.8) is 0 Å². The van der Waals surface area contributed by atoms with E-state index in [0.717, 1.165) is 44.2 Å². The van der Waals surface area contributed by atoms with E-state index in [0.29, 0.717) is 17.3 Å². The second-order valence-electron chi connectivity index (χ2n) is 10.1. The maximum absolute atomic E-state index is 13.0. The number of aromatic nitrogens is 2. The summed E-state index contributed by atoms with van der Waals surface area (Å²) in [5.41, 5.74) is 1.73. The smallest absolute Gasteiger partial charge is 0.273 e. The molecule has 2 aromatic rings. The Morgan fingerprint density at radius 1 is 1.06 bits per heavy atom. The fourth-order valence-corrected chi connectivity index (χ4v) is 5.78. The van der Waals surface area contributed by atoms with Crippen LogP contribution in [0.15, 0.2) is 35.2 Å². The minimum Gasteiger partial charge on any atom is -0.321 e. The van der Waals surface area contributed by atoms with Crippen molar-refractivity contribution in [3.8, 4) is 0 Å². The van der Waals surface area contributed by atoms with Gasteiger partial charge in [-0.3, -0.25) is 9.48 Å². The van der Waals surface area contributed by atoms with Crippen LogP contribution in [0.25, 0.3) is 0 Å². The third-order valence-corrected chi connectivity index (χ3v) is 8.39. The van der Waals surface area contributed by atoms with Gasteiger partial charge in [0.05, 0.1) is 16.1 Å². The summed E-state index contributed by atoms with van der Waals surface area (Å²) in [4.78, 5) is 13.3. The molecule has 1 aromatic carbocycles. The monoisotopic (exact) mass is 458 g/mol. The zero-order valence-electron chi connectivity index (χ0n) is 19.5. The first-order valence-corrected chi connectivity index (χ1v) is 13.0. The number of sulfonamides is 1. The number of amides is 1. The third-order valence-electron chi connectivity index (χ3n) is 6.47. The minimum atomic E-state index is -3.55. The van der Waals surface area contributed by atoms with Gasteiger partial charge in [-0.1, -0.05) is 19.3 Å². The van der Waals surface area contributed by atoms with Gasteiger partial charge in [-0.25, -0.2) is 8.42 Å². The van der Waals surface area contributed by atoms with Crippen LogP contribution in [0.3, 0.4) is 0 Å². The summed E-state index contributed by atoms with van der Waals surface area (Å²) in [6, 6.07) is 8.39. The summed E-state index contributed by atoms with van der Waals surface area (Å²) in [7, 11) is -1.88. The zero-order valence-corrected chi connectivity index (χ0v) is 20.3. The fraction of sp³-hybridized carbons (Fsp3) is 0.583. The Kier molecular flexibility index (Phi) is 6.20. The van der Waals surface area contributed by atoms with Crippen LogP contribution in [0.1, 0.15) is 87.8 Å². The van der Waals surface area contributed by atoms with Gasteiger partial charge in [0.25, 0.3) is 5.91 Å². The number of hydrogen-bond donors (Lipinski definition) is 1. The van der Waals surface area contributed by atoms with Crippen LogP contribution < -0.4 is 5.32 Å². The molecule has 2 aliphatic rings. The lowest BCUT2D eigenvalue weighted by Gasteiger charge is -2.30. The highest BCUT2D eigenvalue weighted by Gasteiger charge is 2.32. The van der Waals surface area contributed by atoms with Gasteiger partial charge in [-0.05, 0) is 76.8 Å². The Labute approximate surface area is 191 Å². The maximum Gasteiger partial charge on any atom is 0.273 e. The molecular weight excluding hydrogens is 424 g/mol. The highest BCUT2D eigenvalue weighted by Crippen LogP contribution is 2.40. The van der Waals surface area contributed by atoms with E-state index in [-0.39, 0.29) is 22.4 Å². The van der Waals surface area contributed by atoms with Crippen LogP contribution in [-0.2, 0) is 15.6 Å². The molecule has 1 amide bonds. The van der Waals surface area contributed by atoms with Gasteiger partial charge in [0.2, 0.25) is 10.0 Å². The summed E-state index contributed by atoms with van der Waals surface area (Å²) in [6.07, 6.45) is 7.38. The molecule has 1 aromatic heterocycles. The lowest BCUT2D eigenvalue weighted by molar-refractivity contribution is 0.100. The van der Waals surface area contributed by atoms with Crippen molar-refractivity contribution in [3.05, 3.63) is 41.7 Å². The predicted octanol–water partition coefficient (Wildman–Crippen LogP) is 4.72. The van der Waals surface area contributed by atoms with Crippen LogP contribution in [0.2, 0.25) is 0 Å². The summed E-state index contributed by atoms with van der Waals surface area (Å²) in [5, 5.41) is 7.59. The first kappa shape index (κ1) is 23.0. The molecule has 0 atom stereocenters. The van der Waals surface area contributed by atoms with Gasteiger partial charge in [-0.2, -0.15) is 9.40 Å². The van der Waals surface area contributed by atoms with Crippen molar-refractivity contribution in [1.82, 2.24) is 14.1 Å². The number of carbonyl (C=O) groups is 1. The number of nitrogens with one attached hydrogen (secondary N) is 1. The second-order valence-corrected chi connectivity index (χ2v) is 12.1. The molecule has 2 aliphatic carbocycles. The Morgan fingerprint density at radius 2 is 1.69 bits per heavy atom. The summed E-state index contributed by atoms with van der Waals surface area (Å²) in [5.74, 6) is 0.213. The Balaban J connectivity index is 1.50. The largest absolute Gasteiger partial charge is 0.321 e. The Morgan fingerprint density at radius 3 is 2.25 bits per heavy atom. The number of hydrogen-bond acceptors (Lipinski definition) is 4. The molecule has 0 radical (unpaired) electrons. The molecule has 174 valence electrons. The zero-order chi connectivity index (χ0) is 23.1. The average Bonchev–Trinajstić information content (AvgIpc) is 3.50. The van der Waals surface area contributed by atoms with E-state index in [4.69, 9.17) is 0 Å². The standard InChI is InChI=1S/C24H34N4O3S/c1-24(2,3)28-22(16-21(26-28)17-10-11-17)23(29)25-18-12-14-20(15-13-18)32(30,31)27(4)19-8-6-5-7-9-19/h12-17,19H,5-11H2,1-4H3,(H,25,29). The molecule has 2 fully saturated rings. The minimum absolute atomic E-state index is 0.0616. The molecule has 4 rings (SSSR count). The van der Waals surface area contributed by atoms with E-state index in [1.54, 1.807) is 36.0 Å².